The Morgan fingerprint density at radius 3 is 2.58 bits per heavy atom. The lowest BCUT2D eigenvalue weighted by atomic mass is 10.1. The van der Waals surface area contributed by atoms with Crippen molar-refractivity contribution in [1.82, 2.24) is 4.98 Å². The summed E-state index contributed by atoms with van der Waals surface area (Å²) in [7, 11) is 0. The molecule has 1 heterocycles. The summed E-state index contributed by atoms with van der Waals surface area (Å²) in [5, 5.41) is 2.84. The first-order valence-corrected chi connectivity index (χ1v) is 7.68. The Labute approximate surface area is 140 Å². The Kier molecular flexibility index (Phi) is 5.03. The number of nitrogens with zero attached hydrogens (tertiary/aromatic N) is 1. The van der Waals surface area contributed by atoms with E-state index in [1.165, 1.54) is 6.39 Å². The number of rotatable bonds is 6. The van der Waals surface area contributed by atoms with E-state index in [1.807, 2.05) is 54.6 Å². The molecular weight excluding hydrogens is 304 g/mol. The summed E-state index contributed by atoms with van der Waals surface area (Å²) < 4.78 is 10.8. The second-order valence-corrected chi connectivity index (χ2v) is 5.37. The summed E-state index contributed by atoms with van der Waals surface area (Å²) in [4.78, 5) is 16.1. The highest BCUT2D eigenvalue weighted by molar-refractivity contribution is 5.94. The van der Waals surface area contributed by atoms with E-state index in [0.29, 0.717) is 18.1 Å². The van der Waals surface area contributed by atoms with Crippen molar-refractivity contribution in [2.75, 3.05) is 5.32 Å². The highest BCUT2D eigenvalue weighted by Crippen LogP contribution is 2.20. The number of hydrogen-bond donors (Lipinski definition) is 1. The molecular formula is C19H18N2O3. The largest absolute Gasteiger partial charge is 0.444 e. The van der Waals surface area contributed by atoms with E-state index in [1.54, 1.807) is 13.1 Å². The normalized spacial score (nSPS) is 11.9. The molecule has 0 saturated heterocycles. The number of carbonyl (C=O) groups is 1. The third kappa shape index (κ3) is 4.08. The third-order valence-electron chi connectivity index (χ3n) is 3.58. The zero-order valence-electron chi connectivity index (χ0n) is 13.3. The zero-order valence-corrected chi connectivity index (χ0v) is 13.3. The Bertz CT molecular complexity index is 768. The Morgan fingerprint density at radius 2 is 1.92 bits per heavy atom. The molecule has 122 valence electrons. The highest BCUT2D eigenvalue weighted by Gasteiger charge is 2.13. The fourth-order valence-corrected chi connectivity index (χ4v) is 2.19. The van der Waals surface area contributed by atoms with Crippen LogP contribution in [0.5, 0.6) is 0 Å². The Balaban J connectivity index is 1.54. The number of benzene rings is 2. The second-order valence-electron chi connectivity index (χ2n) is 5.37. The fraction of sp³-hybridized carbons (Fsp3) is 0.158. The van der Waals surface area contributed by atoms with Crippen LogP contribution in [0.25, 0.3) is 11.3 Å². The molecule has 0 aliphatic rings. The molecule has 1 unspecified atom stereocenters. The molecule has 5 heteroatoms. The van der Waals surface area contributed by atoms with Crippen molar-refractivity contribution in [3.05, 3.63) is 72.8 Å². The number of oxazole rings is 1. The lowest BCUT2D eigenvalue weighted by Crippen LogP contribution is -2.27. The SMILES string of the molecule is CC(OCc1ccccc1)C(=O)Nc1ccc(-c2cnco2)cc1. The van der Waals surface area contributed by atoms with Crippen LogP contribution in [0.15, 0.2) is 71.6 Å². The van der Waals surface area contributed by atoms with Crippen molar-refractivity contribution < 1.29 is 13.9 Å². The van der Waals surface area contributed by atoms with Crippen LogP contribution < -0.4 is 5.32 Å². The minimum atomic E-state index is -0.542. The Morgan fingerprint density at radius 1 is 1.17 bits per heavy atom. The molecule has 3 aromatic rings. The molecule has 0 radical (unpaired) electrons. The van der Waals surface area contributed by atoms with Gasteiger partial charge in [0.15, 0.2) is 12.2 Å². The summed E-state index contributed by atoms with van der Waals surface area (Å²) in [6.45, 7) is 2.14. The predicted molar refractivity (Wildman–Crippen MR) is 91.3 cm³/mol. The van der Waals surface area contributed by atoms with Gasteiger partial charge >= 0.3 is 0 Å². The summed E-state index contributed by atoms with van der Waals surface area (Å²) in [6, 6.07) is 17.1. The summed E-state index contributed by atoms with van der Waals surface area (Å²) >= 11 is 0. The van der Waals surface area contributed by atoms with Crippen molar-refractivity contribution in [2.24, 2.45) is 0 Å². The van der Waals surface area contributed by atoms with Gasteiger partial charge in [0, 0.05) is 11.3 Å². The molecule has 24 heavy (non-hydrogen) atoms. The van der Waals surface area contributed by atoms with Crippen LogP contribution in [0.4, 0.5) is 5.69 Å². The van der Waals surface area contributed by atoms with E-state index >= 15 is 0 Å². The van der Waals surface area contributed by atoms with Gasteiger partial charge in [0.25, 0.3) is 5.91 Å². The molecule has 0 saturated carbocycles. The first kappa shape index (κ1) is 16.0. The van der Waals surface area contributed by atoms with Crippen molar-refractivity contribution in [3.63, 3.8) is 0 Å². The minimum absolute atomic E-state index is 0.182. The molecule has 0 aliphatic carbocycles. The number of aromatic nitrogens is 1. The van der Waals surface area contributed by atoms with Crippen LogP contribution >= 0.6 is 0 Å². The van der Waals surface area contributed by atoms with E-state index in [-0.39, 0.29) is 5.91 Å². The molecule has 0 spiro atoms. The van der Waals surface area contributed by atoms with Crippen LogP contribution in [0.1, 0.15) is 12.5 Å². The van der Waals surface area contributed by atoms with Crippen LogP contribution in [-0.4, -0.2) is 17.0 Å². The number of ether oxygens (including phenoxy) is 1. The number of nitrogens with one attached hydrogen (secondary N) is 1. The molecule has 2 aromatic carbocycles. The van der Waals surface area contributed by atoms with E-state index in [0.717, 1.165) is 11.1 Å². The molecule has 0 fully saturated rings. The maximum Gasteiger partial charge on any atom is 0.253 e. The van der Waals surface area contributed by atoms with Gasteiger partial charge in [0.1, 0.15) is 6.10 Å². The quantitative estimate of drug-likeness (QED) is 0.748. The van der Waals surface area contributed by atoms with Crippen molar-refractivity contribution >= 4 is 11.6 Å². The number of hydrogen-bond acceptors (Lipinski definition) is 4. The number of anilines is 1. The van der Waals surface area contributed by atoms with Gasteiger partial charge in [-0.05, 0) is 36.8 Å². The standard InChI is InChI=1S/C19H18N2O3/c1-14(23-12-15-5-3-2-4-6-15)19(22)21-17-9-7-16(8-10-17)18-11-20-13-24-18/h2-11,13-14H,12H2,1H3,(H,21,22). The van der Waals surface area contributed by atoms with Gasteiger partial charge in [-0.3, -0.25) is 4.79 Å². The molecule has 3 rings (SSSR count). The summed E-state index contributed by atoms with van der Waals surface area (Å²) in [5.74, 6) is 0.505. The monoisotopic (exact) mass is 322 g/mol. The lowest BCUT2D eigenvalue weighted by Gasteiger charge is -2.13. The number of carbonyl (C=O) groups excluding carboxylic acids is 1. The Hall–Kier alpha value is -2.92. The van der Waals surface area contributed by atoms with Crippen LogP contribution in [0.2, 0.25) is 0 Å². The minimum Gasteiger partial charge on any atom is -0.444 e. The van der Waals surface area contributed by atoms with Crippen LogP contribution in [0, 0.1) is 0 Å². The summed E-state index contributed by atoms with van der Waals surface area (Å²) in [5.41, 5.74) is 2.64. The van der Waals surface area contributed by atoms with E-state index in [2.05, 4.69) is 10.3 Å². The van der Waals surface area contributed by atoms with Gasteiger partial charge in [-0.15, -0.1) is 0 Å². The van der Waals surface area contributed by atoms with Crippen molar-refractivity contribution in [3.8, 4) is 11.3 Å². The molecule has 1 aromatic heterocycles. The average Bonchev–Trinajstić information content (AvgIpc) is 3.16. The van der Waals surface area contributed by atoms with Gasteiger partial charge in [-0.1, -0.05) is 30.3 Å². The predicted octanol–water partition coefficient (Wildman–Crippen LogP) is 3.89. The van der Waals surface area contributed by atoms with Crippen LogP contribution in [0.3, 0.4) is 0 Å². The zero-order chi connectivity index (χ0) is 16.8. The molecule has 5 nitrogen and oxygen atoms in total. The first-order chi connectivity index (χ1) is 11.7. The van der Waals surface area contributed by atoms with Gasteiger partial charge < -0.3 is 14.5 Å². The second kappa shape index (κ2) is 7.57. The maximum absolute atomic E-state index is 12.2. The number of amides is 1. The van der Waals surface area contributed by atoms with E-state index in [4.69, 9.17) is 9.15 Å². The van der Waals surface area contributed by atoms with Crippen LogP contribution in [-0.2, 0) is 16.1 Å². The van der Waals surface area contributed by atoms with Crippen molar-refractivity contribution in [1.29, 1.82) is 0 Å². The molecule has 0 aliphatic heterocycles. The molecule has 1 atom stereocenters. The first-order valence-electron chi connectivity index (χ1n) is 7.68. The molecule has 1 amide bonds. The van der Waals surface area contributed by atoms with Gasteiger partial charge in [0.05, 0.1) is 12.8 Å². The lowest BCUT2D eigenvalue weighted by molar-refractivity contribution is -0.127. The molecule has 1 N–H and O–H groups in total. The average molecular weight is 322 g/mol. The van der Waals surface area contributed by atoms with Gasteiger partial charge in [-0.2, -0.15) is 0 Å². The van der Waals surface area contributed by atoms with E-state index in [9.17, 15) is 4.79 Å². The van der Waals surface area contributed by atoms with Gasteiger partial charge in [-0.25, -0.2) is 4.98 Å². The topological polar surface area (TPSA) is 64.4 Å². The van der Waals surface area contributed by atoms with Crippen molar-refractivity contribution in [2.45, 2.75) is 19.6 Å². The highest BCUT2D eigenvalue weighted by atomic mass is 16.5. The van der Waals surface area contributed by atoms with Gasteiger partial charge in [0.2, 0.25) is 0 Å². The summed E-state index contributed by atoms with van der Waals surface area (Å²) in [6.07, 6.45) is 2.49. The van der Waals surface area contributed by atoms with E-state index < -0.39 is 6.10 Å². The maximum atomic E-state index is 12.2. The smallest absolute Gasteiger partial charge is 0.253 e. The molecule has 0 bridgehead atoms. The fourth-order valence-electron chi connectivity index (χ4n) is 2.19. The third-order valence-corrected chi connectivity index (χ3v) is 3.58.